The number of anilines is 1. The predicted molar refractivity (Wildman–Crippen MR) is 107 cm³/mol. The first-order chi connectivity index (χ1) is 12.0. The van der Waals surface area contributed by atoms with E-state index in [2.05, 4.69) is 46.6 Å². The second-order valence-corrected chi connectivity index (χ2v) is 7.66. The van der Waals surface area contributed by atoms with Crippen LogP contribution in [0.2, 0.25) is 0 Å². The molecule has 1 N–H and O–H groups in total. The molecular weight excluding hydrogens is 330 g/mol. The van der Waals surface area contributed by atoms with E-state index in [1.807, 2.05) is 44.4 Å². The second kappa shape index (κ2) is 9.70. The zero-order valence-electron chi connectivity index (χ0n) is 15.7. The standard InChI is InChI=1S/C20H29N3OS/c1-5-23(6-2)25(24)20-13-9-18(10-14-20)16-21-15-17-7-11-19(12-8-17)22(3)4/h7-14,21H,5-6,15-16H2,1-4H3. The number of nitrogens with one attached hydrogen (secondary N) is 1. The van der Waals surface area contributed by atoms with E-state index in [1.54, 1.807) is 0 Å². The maximum atomic E-state index is 12.4. The molecule has 4 nitrogen and oxygen atoms in total. The first-order valence-corrected chi connectivity index (χ1v) is 9.88. The molecule has 0 spiro atoms. The molecule has 0 heterocycles. The van der Waals surface area contributed by atoms with Gasteiger partial charge in [0.15, 0.2) is 0 Å². The topological polar surface area (TPSA) is 35.6 Å². The summed E-state index contributed by atoms with van der Waals surface area (Å²) in [6, 6.07) is 16.6. The minimum absolute atomic E-state index is 0.791. The summed E-state index contributed by atoms with van der Waals surface area (Å²) in [5.41, 5.74) is 3.68. The van der Waals surface area contributed by atoms with Crippen LogP contribution in [0.1, 0.15) is 25.0 Å². The SMILES string of the molecule is CCN(CC)S(=O)c1ccc(CNCc2ccc(N(C)C)cc2)cc1. The van der Waals surface area contributed by atoms with Crippen molar-refractivity contribution in [3.8, 4) is 0 Å². The van der Waals surface area contributed by atoms with Crippen LogP contribution >= 0.6 is 0 Å². The van der Waals surface area contributed by atoms with Crippen LogP contribution in [0.3, 0.4) is 0 Å². The Bertz CT molecular complexity index is 664. The van der Waals surface area contributed by atoms with Gasteiger partial charge in [0, 0.05) is 46.0 Å². The van der Waals surface area contributed by atoms with Crippen LogP contribution in [-0.4, -0.2) is 35.7 Å². The third kappa shape index (κ3) is 5.66. The van der Waals surface area contributed by atoms with Crippen LogP contribution in [0, 0.1) is 0 Å². The van der Waals surface area contributed by atoms with Gasteiger partial charge in [0.2, 0.25) is 0 Å². The van der Waals surface area contributed by atoms with Gasteiger partial charge in [-0.05, 0) is 35.4 Å². The molecule has 0 saturated carbocycles. The van der Waals surface area contributed by atoms with E-state index in [0.717, 1.165) is 31.1 Å². The summed E-state index contributed by atoms with van der Waals surface area (Å²) in [5.74, 6) is 0. The van der Waals surface area contributed by atoms with Crippen molar-refractivity contribution >= 4 is 16.7 Å². The average Bonchev–Trinajstić information content (AvgIpc) is 2.63. The van der Waals surface area contributed by atoms with Crippen LogP contribution < -0.4 is 10.2 Å². The normalized spacial score (nSPS) is 12.4. The Morgan fingerprint density at radius 1 is 0.840 bits per heavy atom. The molecule has 0 radical (unpaired) electrons. The molecule has 2 aromatic carbocycles. The Balaban J connectivity index is 1.86. The summed E-state index contributed by atoms with van der Waals surface area (Å²) in [5, 5.41) is 3.46. The highest BCUT2D eigenvalue weighted by Crippen LogP contribution is 2.14. The molecule has 0 aliphatic carbocycles. The summed E-state index contributed by atoms with van der Waals surface area (Å²) < 4.78 is 14.4. The van der Waals surface area contributed by atoms with Crippen LogP contribution in [0.25, 0.3) is 0 Å². The Kier molecular flexibility index (Phi) is 7.62. The van der Waals surface area contributed by atoms with Crippen LogP contribution in [0.15, 0.2) is 53.4 Å². The van der Waals surface area contributed by atoms with Crippen molar-refractivity contribution in [2.75, 3.05) is 32.1 Å². The van der Waals surface area contributed by atoms with Gasteiger partial charge in [-0.2, -0.15) is 0 Å². The largest absolute Gasteiger partial charge is 0.378 e. The highest BCUT2D eigenvalue weighted by Gasteiger charge is 2.11. The third-order valence-electron chi connectivity index (χ3n) is 4.18. The summed E-state index contributed by atoms with van der Waals surface area (Å²) in [4.78, 5) is 2.97. The summed E-state index contributed by atoms with van der Waals surface area (Å²) in [7, 11) is 3.03. The highest BCUT2D eigenvalue weighted by molar-refractivity contribution is 7.82. The molecule has 2 rings (SSSR count). The lowest BCUT2D eigenvalue weighted by Gasteiger charge is -2.17. The van der Waals surface area contributed by atoms with Gasteiger partial charge >= 0.3 is 0 Å². The smallest absolute Gasteiger partial charge is 0.127 e. The molecule has 0 aliphatic rings. The number of hydrogen-bond donors (Lipinski definition) is 1. The zero-order chi connectivity index (χ0) is 18.2. The van der Waals surface area contributed by atoms with Gasteiger partial charge in [-0.15, -0.1) is 0 Å². The van der Waals surface area contributed by atoms with E-state index in [0.29, 0.717) is 0 Å². The number of rotatable bonds is 9. The van der Waals surface area contributed by atoms with Gasteiger partial charge in [-0.3, -0.25) is 0 Å². The van der Waals surface area contributed by atoms with Gasteiger partial charge in [0.05, 0.1) is 4.90 Å². The van der Waals surface area contributed by atoms with E-state index in [9.17, 15) is 4.21 Å². The molecule has 5 heteroatoms. The fraction of sp³-hybridized carbons (Fsp3) is 0.400. The van der Waals surface area contributed by atoms with Crippen molar-refractivity contribution in [3.05, 3.63) is 59.7 Å². The van der Waals surface area contributed by atoms with Crippen molar-refractivity contribution in [3.63, 3.8) is 0 Å². The predicted octanol–water partition coefficient (Wildman–Crippen LogP) is 3.41. The number of benzene rings is 2. The Hall–Kier alpha value is -1.69. The second-order valence-electron chi connectivity index (χ2n) is 6.17. The molecule has 1 unspecified atom stereocenters. The third-order valence-corrected chi connectivity index (χ3v) is 5.84. The van der Waals surface area contributed by atoms with E-state index in [-0.39, 0.29) is 0 Å². The Morgan fingerprint density at radius 2 is 1.32 bits per heavy atom. The molecular formula is C20H29N3OS. The highest BCUT2D eigenvalue weighted by atomic mass is 32.2. The fourth-order valence-electron chi connectivity index (χ4n) is 2.59. The monoisotopic (exact) mass is 359 g/mol. The lowest BCUT2D eigenvalue weighted by Crippen LogP contribution is -2.25. The Labute approximate surface area is 154 Å². The van der Waals surface area contributed by atoms with E-state index in [1.165, 1.54) is 16.8 Å². The van der Waals surface area contributed by atoms with Crippen LogP contribution in [0.4, 0.5) is 5.69 Å². The van der Waals surface area contributed by atoms with Crippen molar-refractivity contribution in [2.24, 2.45) is 0 Å². The van der Waals surface area contributed by atoms with E-state index < -0.39 is 11.0 Å². The molecule has 0 bridgehead atoms. The van der Waals surface area contributed by atoms with Gasteiger partial charge in [-0.1, -0.05) is 38.1 Å². The van der Waals surface area contributed by atoms with Crippen molar-refractivity contribution < 1.29 is 4.21 Å². The molecule has 0 aromatic heterocycles. The van der Waals surface area contributed by atoms with Gasteiger partial charge in [0.25, 0.3) is 0 Å². The molecule has 2 aromatic rings. The average molecular weight is 360 g/mol. The number of nitrogens with zero attached hydrogens (tertiary/aromatic N) is 2. The van der Waals surface area contributed by atoms with Crippen molar-refractivity contribution in [2.45, 2.75) is 31.8 Å². The molecule has 25 heavy (non-hydrogen) atoms. The first kappa shape index (κ1) is 19.6. The molecule has 0 saturated heterocycles. The van der Waals surface area contributed by atoms with Gasteiger partial charge < -0.3 is 10.2 Å². The van der Waals surface area contributed by atoms with Gasteiger partial charge in [-0.25, -0.2) is 8.51 Å². The summed E-state index contributed by atoms with van der Waals surface area (Å²) >= 11 is 0. The van der Waals surface area contributed by atoms with Crippen molar-refractivity contribution in [1.82, 2.24) is 9.62 Å². The lowest BCUT2D eigenvalue weighted by atomic mass is 10.2. The lowest BCUT2D eigenvalue weighted by molar-refractivity contribution is 0.489. The molecule has 1 atom stereocenters. The summed E-state index contributed by atoms with van der Waals surface area (Å²) in [6.45, 7) is 7.28. The van der Waals surface area contributed by atoms with Crippen molar-refractivity contribution in [1.29, 1.82) is 0 Å². The fourth-order valence-corrected chi connectivity index (χ4v) is 3.73. The Morgan fingerprint density at radius 3 is 1.76 bits per heavy atom. The maximum Gasteiger partial charge on any atom is 0.127 e. The maximum absolute atomic E-state index is 12.4. The van der Waals surface area contributed by atoms with Crippen LogP contribution in [0.5, 0.6) is 0 Å². The summed E-state index contributed by atoms with van der Waals surface area (Å²) in [6.07, 6.45) is 0. The molecule has 0 amide bonds. The first-order valence-electron chi connectivity index (χ1n) is 8.78. The molecule has 0 fully saturated rings. The zero-order valence-corrected chi connectivity index (χ0v) is 16.5. The minimum Gasteiger partial charge on any atom is -0.378 e. The van der Waals surface area contributed by atoms with Crippen LogP contribution in [-0.2, 0) is 24.1 Å². The van der Waals surface area contributed by atoms with E-state index >= 15 is 0 Å². The quantitative estimate of drug-likeness (QED) is 0.745. The molecule has 0 aliphatic heterocycles. The minimum atomic E-state index is -1.06. The molecule has 136 valence electrons. The number of hydrogen-bond acceptors (Lipinski definition) is 3. The van der Waals surface area contributed by atoms with E-state index in [4.69, 9.17) is 0 Å². The van der Waals surface area contributed by atoms with Gasteiger partial charge in [0.1, 0.15) is 11.0 Å².